The van der Waals surface area contributed by atoms with Crippen LogP contribution in [0.1, 0.15) is 30.3 Å². The van der Waals surface area contributed by atoms with E-state index in [1.165, 1.54) is 22.2 Å². The molecule has 0 amide bonds. The Bertz CT molecular complexity index is 612. The number of thioether (sulfide) groups is 1. The first kappa shape index (κ1) is 15.1. The molecule has 2 aromatic rings. The number of hydrogen-bond acceptors (Lipinski definition) is 5. The predicted octanol–water partition coefficient (Wildman–Crippen LogP) is 3.38. The molecular formula is C13H17N3O2S2. The minimum Gasteiger partial charge on any atom is -0.481 e. The SMILES string of the molecule is Cc1cc(-c2nnc(SCC(=O)O)n2C(C)C)sc1C. The Labute approximate surface area is 126 Å². The smallest absolute Gasteiger partial charge is 0.313 e. The van der Waals surface area contributed by atoms with Crippen LogP contribution in [0.4, 0.5) is 0 Å². The molecule has 0 aliphatic carbocycles. The first-order valence-corrected chi connectivity index (χ1v) is 8.07. The highest BCUT2D eigenvalue weighted by molar-refractivity contribution is 7.99. The lowest BCUT2D eigenvalue weighted by molar-refractivity contribution is -0.133. The number of aromatic nitrogens is 3. The van der Waals surface area contributed by atoms with E-state index in [0.29, 0.717) is 5.16 Å². The zero-order chi connectivity index (χ0) is 14.9. The maximum Gasteiger partial charge on any atom is 0.313 e. The number of aryl methyl sites for hydroxylation is 2. The third-order valence-corrected chi connectivity index (χ3v) is 4.97. The molecule has 2 rings (SSSR count). The Kier molecular flexibility index (Phi) is 4.49. The average Bonchev–Trinajstić information content (AvgIpc) is 2.91. The fourth-order valence-electron chi connectivity index (χ4n) is 1.82. The quantitative estimate of drug-likeness (QED) is 0.857. The molecule has 20 heavy (non-hydrogen) atoms. The molecule has 0 aliphatic rings. The Morgan fingerprint density at radius 2 is 2.15 bits per heavy atom. The van der Waals surface area contributed by atoms with E-state index < -0.39 is 5.97 Å². The van der Waals surface area contributed by atoms with E-state index in [1.54, 1.807) is 11.3 Å². The number of thiophene rings is 1. The molecule has 0 aromatic carbocycles. The molecule has 7 heteroatoms. The van der Waals surface area contributed by atoms with Crippen molar-refractivity contribution in [1.29, 1.82) is 0 Å². The number of carbonyl (C=O) groups is 1. The van der Waals surface area contributed by atoms with Gasteiger partial charge in [-0.25, -0.2) is 0 Å². The van der Waals surface area contributed by atoms with Gasteiger partial charge in [-0.3, -0.25) is 9.36 Å². The van der Waals surface area contributed by atoms with Crippen LogP contribution in [0.2, 0.25) is 0 Å². The van der Waals surface area contributed by atoms with Crippen LogP contribution in [-0.2, 0) is 4.79 Å². The van der Waals surface area contributed by atoms with Crippen LogP contribution in [0.3, 0.4) is 0 Å². The van der Waals surface area contributed by atoms with Crippen molar-refractivity contribution >= 4 is 29.1 Å². The molecule has 0 atom stereocenters. The Hall–Kier alpha value is -1.34. The molecule has 0 fully saturated rings. The minimum atomic E-state index is -0.849. The van der Waals surface area contributed by atoms with Gasteiger partial charge in [0.05, 0.1) is 10.6 Å². The van der Waals surface area contributed by atoms with E-state index in [-0.39, 0.29) is 11.8 Å². The van der Waals surface area contributed by atoms with Crippen LogP contribution in [-0.4, -0.2) is 31.6 Å². The summed E-state index contributed by atoms with van der Waals surface area (Å²) in [5.74, 6) is -0.0420. The standard InChI is InChI=1S/C13H17N3O2S2/c1-7(2)16-12(10-5-8(3)9(4)20-10)14-15-13(16)19-6-11(17)18/h5,7H,6H2,1-4H3,(H,17,18). The molecule has 5 nitrogen and oxygen atoms in total. The molecular weight excluding hydrogens is 294 g/mol. The summed E-state index contributed by atoms with van der Waals surface area (Å²) in [5, 5.41) is 17.8. The fourth-order valence-corrected chi connectivity index (χ4v) is 3.62. The van der Waals surface area contributed by atoms with Gasteiger partial charge in [0, 0.05) is 10.9 Å². The summed E-state index contributed by atoms with van der Waals surface area (Å²) in [5.41, 5.74) is 1.24. The number of carboxylic acid groups (broad SMARTS) is 1. The Morgan fingerprint density at radius 1 is 1.45 bits per heavy atom. The fraction of sp³-hybridized carbons (Fsp3) is 0.462. The predicted molar refractivity (Wildman–Crippen MR) is 81.6 cm³/mol. The van der Waals surface area contributed by atoms with Crippen molar-refractivity contribution in [3.63, 3.8) is 0 Å². The molecule has 1 N–H and O–H groups in total. The average molecular weight is 311 g/mol. The lowest BCUT2D eigenvalue weighted by Gasteiger charge is -2.12. The van der Waals surface area contributed by atoms with Crippen LogP contribution in [0.25, 0.3) is 10.7 Å². The van der Waals surface area contributed by atoms with Gasteiger partial charge in [0.15, 0.2) is 11.0 Å². The highest BCUT2D eigenvalue weighted by Gasteiger charge is 2.19. The molecule has 0 unspecified atom stereocenters. The number of hydrogen-bond donors (Lipinski definition) is 1. The first-order chi connectivity index (χ1) is 9.40. The van der Waals surface area contributed by atoms with Crippen molar-refractivity contribution in [2.75, 3.05) is 5.75 Å². The maximum atomic E-state index is 10.7. The third-order valence-electron chi connectivity index (χ3n) is 2.89. The summed E-state index contributed by atoms with van der Waals surface area (Å²) < 4.78 is 2.00. The second kappa shape index (κ2) is 5.97. The molecule has 0 bridgehead atoms. The number of carboxylic acids is 1. The number of nitrogens with zero attached hydrogens (tertiary/aromatic N) is 3. The van der Waals surface area contributed by atoms with E-state index in [1.807, 2.05) is 18.4 Å². The minimum absolute atomic E-state index is 0.00660. The summed E-state index contributed by atoms with van der Waals surface area (Å²) in [6.07, 6.45) is 0. The highest BCUT2D eigenvalue weighted by atomic mass is 32.2. The second-order valence-corrected chi connectivity index (χ2v) is 7.00. The molecule has 0 saturated carbocycles. The Balaban J connectivity index is 2.41. The van der Waals surface area contributed by atoms with Crippen LogP contribution in [0.15, 0.2) is 11.2 Å². The zero-order valence-electron chi connectivity index (χ0n) is 11.9. The van der Waals surface area contributed by atoms with Gasteiger partial charge in [0.25, 0.3) is 0 Å². The van der Waals surface area contributed by atoms with E-state index in [0.717, 1.165) is 10.7 Å². The van der Waals surface area contributed by atoms with E-state index in [2.05, 4.69) is 30.1 Å². The van der Waals surface area contributed by atoms with Crippen LogP contribution >= 0.6 is 23.1 Å². The van der Waals surface area contributed by atoms with Gasteiger partial charge in [0.1, 0.15) is 0 Å². The van der Waals surface area contributed by atoms with Crippen molar-refractivity contribution in [1.82, 2.24) is 14.8 Å². The molecule has 108 valence electrons. The lowest BCUT2D eigenvalue weighted by Crippen LogP contribution is -2.06. The number of aliphatic carboxylic acids is 1. The first-order valence-electron chi connectivity index (χ1n) is 6.27. The van der Waals surface area contributed by atoms with Crippen molar-refractivity contribution in [3.8, 4) is 10.7 Å². The van der Waals surface area contributed by atoms with Gasteiger partial charge in [-0.1, -0.05) is 11.8 Å². The summed E-state index contributed by atoms with van der Waals surface area (Å²) in [6, 6.07) is 2.29. The highest BCUT2D eigenvalue weighted by Crippen LogP contribution is 2.33. The lowest BCUT2D eigenvalue weighted by atomic mass is 10.3. The summed E-state index contributed by atoms with van der Waals surface area (Å²) >= 11 is 2.89. The Morgan fingerprint density at radius 3 is 2.65 bits per heavy atom. The van der Waals surface area contributed by atoms with Gasteiger partial charge in [-0.2, -0.15) is 0 Å². The van der Waals surface area contributed by atoms with Gasteiger partial charge >= 0.3 is 5.97 Å². The van der Waals surface area contributed by atoms with Crippen LogP contribution in [0.5, 0.6) is 0 Å². The molecule has 0 radical (unpaired) electrons. The van der Waals surface area contributed by atoms with E-state index in [4.69, 9.17) is 5.11 Å². The molecule has 0 spiro atoms. The van der Waals surface area contributed by atoms with Gasteiger partial charge in [-0.05, 0) is 39.3 Å². The van der Waals surface area contributed by atoms with Crippen molar-refractivity contribution in [2.45, 2.75) is 38.9 Å². The topological polar surface area (TPSA) is 68.0 Å². The summed E-state index contributed by atoms with van der Waals surface area (Å²) in [7, 11) is 0. The van der Waals surface area contributed by atoms with Gasteiger partial charge in [0.2, 0.25) is 0 Å². The normalized spacial score (nSPS) is 11.2. The van der Waals surface area contributed by atoms with Gasteiger partial charge < -0.3 is 5.11 Å². The third kappa shape index (κ3) is 3.04. The zero-order valence-corrected chi connectivity index (χ0v) is 13.5. The van der Waals surface area contributed by atoms with E-state index in [9.17, 15) is 4.79 Å². The largest absolute Gasteiger partial charge is 0.481 e. The van der Waals surface area contributed by atoms with Crippen molar-refractivity contribution in [2.24, 2.45) is 0 Å². The second-order valence-electron chi connectivity index (χ2n) is 4.80. The summed E-state index contributed by atoms with van der Waals surface area (Å²) in [6.45, 7) is 8.25. The molecule has 2 aromatic heterocycles. The number of rotatable bonds is 5. The van der Waals surface area contributed by atoms with Gasteiger partial charge in [-0.15, -0.1) is 21.5 Å². The van der Waals surface area contributed by atoms with Crippen molar-refractivity contribution in [3.05, 3.63) is 16.5 Å². The molecule has 0 saturated heterocycles. The maximum absolute atomic E-state index is 10.7. The molecule has 0 aliphatic heterocycles. The monoisotopic (exact) mass is 311 g/mol. The summed E-state index contributed by atoms with van der Waals surface area (Å²) in [4.78, 5) is 13.0. The van der Waals surface area contributed by atoms with Crippen LogP contribution < -0.4 is 0 Å². The van der Waals surface area contributed by atoms with E-state index >= 15 is 0 Å². The molecule has 2 heterocycles. The van der Waals surface area contributed by atoms with Crippen molar-refractivity contribution < 1.29 is 9.90 Å². The van der Waals surface area contributed by atoms with Crippen LogP contribution in [0, 0.1) is 13.8 Å².